The van der Waals surface area contributed by atoms with Crippen LogP contribution < -0.4 is 0 Å². The fraction of sp³-hybridized carbons (Fsp3) is 0.233. The highest BCUT2D eigenvalue weighted by Gasteiger charge is 2.50. The van der Waals surface area contributed by atoms with Gasteiger partial charge < -0.3 is 0 Å². The zero-order valence-electron chi connectivity index (χ0n) is 53.1. The van der Waals surface area contributed by atoms with Gasteiger partial charge >= 0.3 is 0 Å². The molecule has 0 amide bonds. The summed E-state index contributed by atoms with van der Waals surface area (Å²) in [5, 5.41) is 0. The Balaban J connectivity index is 1.05. The second-order valence-corrected chi connectivity index (χ2v) is 29.4. The summed E-state index contributed by atoms with van der Waals surface area (Å²) >= 11 is 0. The Hall–Kier alpha value is -8.58. The second-order valence-electron chi connectivity index (χ2n) is 29.4. The van der Waals surface area contributed by atoms with Crippen molar-refractivity contribution < 1.29 is 0 Å². The van der Waals surface area contributed by atoms with E-state index in [1.54, 1.807) is 0 Å². The summed E-state index contributed by atoms with van der Waals surface area (Å²) in [4.78, 5) is 0. The van der Waals surface area contributed by atoms with Gasteiger partial charge in [-0.05, 0) is 215 Å². The lowest BCUT2D eigenvalue weighted by atomic mass is 9.66. The standard InChI is InChI=1S/C86H82/c1-81(2,3)67-37-29-55(30-38-67)61-47-62(56-31-39-68(40-32-56)82(4,5)6)50-65(49-61)59-21-19-23-71(53-59)86(76-28-18-16-26-74(76)80-78(86)46-45-77-79(80)73-25-15-17-27-75(73)85(77,13)14)72-24-20-22-60(54-72)66-51-63(57-33-41-69(42-34-57)83(7,8)9)48-64(52-66)58-35-43-70(44-36-58)84(10,11)12/h15-54H,1-14H3. The molecule has 0 N–H and O–H groups in total. The maximum atomic E-state index is 2.53. The summed E-state index contributed by atoms with van der Waals surface area (Å²) in [6, 6.07) is 94.2. The Bertz CT molecular complexity index is 4040. The van der Waals surface area contributed by atoms with Gasteiger partial charge in [-0.2, -0.15) is 0 Å². The van der Waals surface area contributed by atoms with Crippen molar-refractivity contribution in [1.82, 2.24) is 0 Å². The Labute approximate surface area is 513 Å². The molecule has 0 saturated carbocycles. The molecule has 0 heteroatoms. The maximum Gasteiger partial charge on any atom is 0.0714 e. The van der Waals surface area contributed by atoms with Gasteiger partial charge in [0.15, 0.2) is 0 Å². The lowest BCUT2D eigenvalue weighted by Gasteiger charge is -2.35. The summed E-state index contributed by atoms with van der Waals surface area (Å²) in [7, 11) is 0. The van der Waals surface area contributed by atoms with Crippen LogP contribution in [0, 0.1) is 0 Å². The van der Waals surface area contributed by atoms with Gasteiger partial charge in [-0.25, -0.2) is 0 Å². The Morgan fingerprint density at radius 2 is 0.512 bits per heavy atom. The number of hydrogen-bond acceptors (Lipinski definition) is 0. The fourth-order valence-electron chi connectivity index (χ4n) is 14.1. The smallest absolute Gasteiger partial charge is 0.0619 e. The summed E-state index contributed by atoms with van der Waals surface area (Å²) in [6.45, 7) is 32.3. The van der Waals surface area contributed by atoms with Crippen LogP contribution in [0.15, 0.2) is 243 Å². The van der Waals surface area contributed by atoms with Crippen LogP contribution in [0.4, 0.5) is 0 Å². The normalized spacial score (nSPS) is 14.1. The van der Waals surface area contributed by atoms with Crippen LogP contribution in [0.2, 0.25) is 0 Å². The molecule has 2 aliphatic rings. The molecule has 0 bridgehead atoms. The Morgan fingerprint density at radius 1 is 0.221 bits per heavy atom. The Kier molecular flexibility index (Phi) is 13.5. The summed E-state index contributed by atoms with van der Waals surface area (Å²) < 4.78 is 0. The molecule has 426 valence electrons. The van der Waals surface area contributed by atoms with E-state index < -0.39 is 5.41 Å². The van der Waals surface area contributed by atoms with Crippen LogP contribution in [-0.4, -0.2) is 0 Å². The minimum Gasteiger partial charge on any atom is -0.0619 e. The quantitative estimate of drug-likeness (QED) is 0.142. The predicted molar refractivity (Wildman–Crippen MR) is 369 cm³/mol. The highest BCUT2D eigenvalue weighted by Crippen LogP contribution is 2.63. The van der Waals surface area contributed by atoms with Crippen LogP contribution in [0.25, 0.3) is 89.0 Å². The van der Waals surface area contributed by atoms with E-state index in [1.165, 1.54) is 145 Å². The van der Waals surface area contributed by atoms with E-state index in [-0.39, 0.29) is 27.1 Å². The molecule has 0 atom stereocenters. The largest absolute Gasteiger partial charge is 0.0714 e. The van der Waals surface area contributed by atoms with E-state index in [9.17, 15) is 0 Å². The van der Waals surface area contributed by atoms with Crippen molar-refractivity contribution >= 4 is 0 Å². The first kappa shape index (κ1) is 56.5. The van der Waals surface area contributed by atoms with Crippen molar-refractivity contribution in [1.29, 1.82) is 0 Å². The molecule has 0 radical (unpaired) electrons. The zero-order chi connectivity index (χ0) is 60.3. The molecule has 0 heterocycles. The van der Waals surface area contributed by atoms with Gasteiger partial charge in [0.1, 0.15) is 0 Å². The van der Waals surface area contributed by atoms with Crippen molar-refractivity contribution in [2.45, 2.75) is 129 Å². The molecular formula is C86H82. The van der Waals surface area contributed by atoms with Gasteiger partial charge in [0, 0.05) is 5.41 Å². The van der Waals surface area contributed by atoms with E-state index in [0.717, 1.165) is 0 Å². The molecule has 0 saturated heterocycles. The van der Waals surface area contributed by atoms with Gasteiger partial charge in [0.2, 0.25) is 0 Å². The minimum atomic E-state index is -0.702. The van der Waals surface area contributed by atoms with Crippen molar-refractivity contribution in [3.63, 3.8) is 0 Å². The van der Waals surface area contributed by atoms with Crippen molar-refractivity contribution in [2.24, 2.45) is 0 Å². The average molecular weight is 1120 g/mol. The van der Waals surface area contributed by atoms with Crippen molar-refractivity contribution in [3.8, 4) is 89.0 Å². The molecule has 0 aromatic heterocycles. The van der Waals surface area contributed by atoms with E-state index in [4.69, 9.17) is 0 Å². The third-order valence-electron chi connectivity index (χ3n) is 19.2. The molecule has 0 aliphatic heterocycles. The number of hydrogen-bond donors (Lipinski definition) is 0. The second kappa shape index (κ2) is 20.6. The minimum absolute atomic E-state index is 0.0538. The van der Waals surface area contributed by atoms with Gasteiger partial charge in [-0.15, -0.1) is 0 Å². The van der Waals surface area contributed by atoms with Crippen LogP contribution in [0.5, 0.6) is 0 Å². The van der Waals surface area contributed by atoms with Gasteiger partial charge in [0.05, 0.1) is 5.41 Å². The fourth-order valence-corrected chi connectivity index (χ4v) is 14.1. The van der Waals surface area contributed by atoms with Crippen molar-refractivity contribution in [2.75, 3.05) is 0 Å². The molecule has 11 aromatic rings. The average Bonchev–Trinajstić information content (AvgIpc) is 1.52. The first-order chi connectivity index (χ1) is 40.9. The molecule has 2 aliphatic carbocycles. The monoisotopic (exact) mass is 1110 g/mol. The number of rotatable bonds is 8. The zero-order valence-corrected chi connectivity index (χ0v) is 53.1. The molecule has 86 heavy (non-hydrogen) atoms. The van der Waals surface area contributed by atoms with Gasteiger partial charge in [-0.1, -0.05) is 291 Å². The lowest BCUT2D eigenvalue weighted by molar-refractivity contribution is 0.590. The molecule has 0 nitrogen and oxygen atoms in total. The molecule has 11 aromatic carbocycles. The van der Waals surface area contributed by atoms with E-state index in [2.05, 4.69) is 340 Å². The van der Waals surface area contributed by atoms with E-state index >= 15 is 0 Å². The topological polar surface area (TPSA) is 0 Å². The van der Waals surface area contributed by atoms with Crippen LogP contribution in [-0.2, 0) is 32.5 Å². The molecule has 0 fully saturated rings. The third-order valence-corrected chi connectivity index (χ3v) is 19.2. The SMILES string of the molecule is CC(C)(C)c1ccc(-c2cc(-c3ccc(C(C)(C)C)cc3)cc(-c3cccc(C4(c5cccc(-c6cc(-c7ccc(C(C)(C)C)cc7)cc(-c7ccc(C(C)(C)C)cc7)c6)c5)c5ccccc5-c5c4ccc4c5-c5ccccc5C4(C)C)c3)c2)cc1. The van der Waals surface area contributed by atoms with Crippen LogP contribution >= 0.6 is 0 Å². The van der Waals surface area contributed by atoms with E-state index in [0.29, 0.717) is 0 Å². The van der Waals surface area contributed by atoms with Crippen LogP contribution in [0.3, 0.4) is 0 Å². The highest BCUT2D eigenvalue weighted by molar-refractivity contribution is 6.00. The highest BCUT2D eigenvalue weighted by atomic mass is 14.5. The van der Waals surface area contributed by atoms with Crippen molar-refractivity contribution in [3.05, 3.63) is 298 Å². The number of fused-ring (bicyclic) bond motifs is 7. The summed E-state index contributed by atoms with van der Waals surface area (Å²) in [5.74, 6) is 0. The first-order valence-electron chi connectivity index (χ1n) is 31.2. The molecule has 0 unspecified atom stereocenters. The Morgan fingerprint density at radius 3 is 0.860 bits per heavy atom. The lowest BCUT2D eigenvalue weighted by Crippen LogP contribution is -2.29. The van der Waals surface area contributed by atoms with Gasteiger partial charge in [0.25, 0.3) is 0 Å². The molecule has 0 spiro atoms. The predicted octanol–water partition coefficient (Wildman–Crippen LogP) is 23.5. The summed E-state index contributed by atoms with van der Waals surface area (Å²) in [5.41, 5.74) is 32.3. The molecular weight excluding hydrogens is 1030 g/mol. The van der Waals surface area contributed by atoms with E-state index in [1.807, 2.05) is 0 Å². The maximum absolute atomic E-state index is 2.53. The molecule has 13 rings (SSSR count). The number of benzene rings is 11. The van der Waals surface area contributed by atoms with Gasteiger partial charge in [-0.3, -0.25) is 0 Å². The summed E-state index contributed by atoms with van der Waals surface area (Å²) in [6.07, 6.45) is 0. The third kappa shape index (κ3) is 9.80. The first-order valence-corrected chi connectivity index (χ1v) is 31.2. The van der Waals surface area contributed by atoms with Crippen LogP contribution in [0.1, 0.15) is 153 Å².